The normalized spacial score (nSPS) is 26.0. The lowest BCUT2D eigenvalue weighted by molar-refractivity contribution is -0.144. The number of benzene rings is 1. The van der Waals surface area contributed by atoms with Gasteiger partial charge >= 0.3 is 6.09 Å². The molecule has 4 aliphatic rings. The van der Waals surface area contributed by atoms with Crippen molar-refractivity contribution < 1.29 is 28.7 Å². The molecule has 3 fully saturated rings. The van der Waals surface area contributed by atoms with Crippen molar-refractivity contribution in [2.75, 3.05) is 6.54 Å². The maximum Gasteiger partial charge on any atom is 0.408 e. The summed E-state index contributed by atoms with van der Waals surface area (Å²) in [6, 6.07) is 5.28. The van der Waals surface area contributed by atoms with Crippen LogP contribution in [0.1, 0.15) is 65.0 Å². The lowest BCUT2D eigenvalue weighted by Gasteiger charge is -2.35. The Morgan fingerprint density at radius 3 is 2.19 bits per heavy atom. The number of amides is 4. The van der Waals surface area contributed by atoms with Crippen LogP contribution < -0.4 is 16.4 Å². The van der Waals surface area contributed by atoms with Crippen LogP contribution in [0.15, 0.2) is 24.3 Å². The summed E-state index contributed by atoms with van der Waals surface area (Å²) in [4.78, 5) is 67.2. The average Bonchev–Trinajstić information content (AvgIpc) is 3.68. The lowest BCUT2D eigenvalue weighted by atomic mass is 9.93. The van der Waals surface area contributed by atoms with Gasteiger partial charge in [-0.2, -0.15) is 0 Å². The van der Waals surface area contributed by atoms with Crippen LogP contribution in [-0.4, -0.2) is 65.3 Å². The third kappa shape index (κ3) is 5.90. The molecule has 10 nitrogen and oxygen atoms in total. The van der Waals surface area contributed by atoms with Gasteiger partial charge in [-0.05, 0) is 72.3 Å². The number of ketones is 1. The molecule has 3 aliphatic carbocycles. The van der Waals surface area contributed by atoms with Gasteiger partial charge in [0, 0.05) is 6.54 Å². The smallest absolute Gasteiger partial charge is 0.408 e. The summed E-state index contributed by atoms with van der Waals surface area (Å²) >= 11 is 0. The number of fused-ring (bicyclic) bond motifs is 2. The standard InChI is InChI=1S/C32H44N4O6/c1-16(2)17(3)42-31(41)35-25(21-13-19-8-6-7-9-20(19)14-21)30(40)36-15-22-24(32(22,4)5)26(36)29(39)34-23(12-18-10-11-18)27(37)28(33)38/h6-9,16-18,21-26H,10-15H2,1-5H3,(H2,33,38)(H,34,39)(H,35,41)/t17-,22?,23?,24?,25+,26+/m1/s1. The van der Waals surface area contributed by atoms with Gasteiger partial charge in [-0.3, -0.25) is 19.2 Å². The van der Waals surface area contributed by atoms with Gasteiger partial charge < -0.3 is 26.0 Å². The second-order valence-electron chi connectivity index (χ2n) is 13.8. The highest BCUT2D eigenvalue weighted by atomic mass is 16.6. The Kier molecular flexibility index (Phi) is 8.11. The van der Waals surface area contributed by atoms with E-state index in [1.165, 1.54) is 0 Å². The number of rotatable bonds is 11. The Hall–Kier alpha value is -3.43. The minimum atomic E-state index is -1.08. The fraction of sp³-hybridized carbons (Fsp3) is 0.656. The molecule has 228 valence electrons. The van der Waals surface area contributed by atoms with Gasteiger partial charge in [0.15, 0.2) is 0 Å². The number of hydrogen-bond donors (Lipinski definition) is 3. The topological polar surface area (TPSA) is 148 Å². The first-order valence-corrected chi connectivity index (χ1v) is 15.3. The predicted octanol–water partition coefficient (Wildman–Crippen LogP) is 2.36. The Bertz CT molecular complexity index is 1250. The van der Waals surface area contributed by atoms with E-state index in [0.29, 0.717) is 25.8 Å². The van der Waals surface area contributed by atoms with Crippen molar-refractivity contribution in [2.24, 2.45) is 40.7 Å². The number of Topliss-reactive ketones (excluding diaryl/α,β-unsaturated/α-hetero) is 1. The number of nitrogens with one attached hydrogen (secondary N) is 2. The molecule has 2 saturated carbocycles. The molecule has 1 heterocycles. The number of alkyl carbamates (subject to hydrolysis) is 1. The summed E-state index contributed by atoms with van der Waals surface area (Å²) in [7, 11) is 0. The maximum atomic E-state index is 14.4. The van der Waals surface area contributed by atoms with E-state index in [1.807, 2.05) is 45.0 Å². The summed E-state index contributed by atoms with van der Waals surface area (Å²) in [6.07, 6.45) is 2.47. The first kappa shape index (κ1) is 30.0. The molecule has 4 amide bonds. The largest absolute Gasteiger partial charge is 0.446 e. The van der Waals surface area contributed by atoms with Crippen molar-refractivity contribution in [3.8, 4) is 0 Å². The molecule has 1 saturated heterocycles. The zero-order valence-electron chi connectivity index (χ0n) is 25.2. The van der Waals surface area contributed by atoms with Gasteiger partial charge in [0.25, 0.3) is 5.91 Å². The second-order valence-corrected chi connectivity index (χ2v) is 13.8. The lowest BCUT2D eigenvalue weighted by Crippen LogP contribution is -2.59. The van der Waals surface area contributed by atoms with Crippen LogP contribution in [0.3, 0.4) is 0 Å². The van der Waals surface area contributed by atoms with Gasteiger partial charge in [-0.15, -0.1) is 0 Å². The number of carbonyl (C=O) groups excluding carboxylic acids is 5. The molecular weight excluding hydrogens is 536 g/mol. The number of nitrogens with two attached hydrogens (primary N) is 1. The fourth-order valence-corrected chi connectivity index (χ4v) is 7.01. The average molecular weight is 581 g/mol. The SMILES string of the molecule is CC(C)[C@@H](C)OC(=O)N[C@H](C(=O)N1CC2C([C@H]1C(=O)NC(CC1CC1)C(=O)C(N)=O)C2(C)C)C1Cc2ccccc2C1. The third-order valence-corrected chi connectivity index (χ3v) is 10.2. The molecule has 42 heavy (non-hydrogen) atoms. The van der Waals surface area contributed by atoms with Crippen LogP contribution in [0.5, 0.6) is 0 Å². The summed E-state index contributed by atoms with van der Waals surface area (Å²) in [5.41, 5.74) is 7.42. The van der Waals surface area contributed by atoms with Crippen molar-refractivity contribution in [3.05, 3.63) is 35.4 Å². The molecule has 0 spiro atoms. The van der Waals surface area contributed by atoms with Crippen LogP contribution in [0.4, 0.5) is 4.79 Å². The molecule has 6 atom stereocenters. The number of ether oxygens (including phenoxy) is 1. The molecular formula is C32H44N4O6. The van der Waals surface area contributed by atoms with Gasteiger partial charge in [0.05, 0.1) is 6.04 Å². The summed E-state index contributed by atoms with van der Waals surface area (Å²) in [5.74, 6) is -2.50. The predicted molar refractivity (Wildman–Crippen MR) is 155 cm³/mol. The third-order valence-electron chi connectivity index (χ3n) is 10.2. The van der Waals surface area contributed by atoms with E-state index in [-0.39, 0.29) is 47.0 Å². The zero-order valence-corrected chi connectivity index (χ0v) is 25.2. The van der Waals surface area contributed by atoms with Gasteiger partial charge in [0.2, 0.25) is 17.6 Å². The monoisotopic (exact) mass is 580 g/mol. The highest BCUT2D eigenvalue weighted by Gasteiger charge is 2.69. The summed E-state index contributed by atoms with van der Waals surface area (Å²) < 4.78 is 5.59. The molecule has 0 bridgehead atoms. The molecule has 1 aromatic rings. The van der Waals surface area contributed by atoms with E-state index in [2.05, 4.69) is 24.5 Å². The van der Waals surface area contributed by atoms with Crippen LogP contribution in [0, 0.1) is 35.0 Å². The van der Waals surface area contributed by atoms with E-state index >= 15 is 0 Å². The number of nitrogens with zero attached hydrogens (tertiary/aromatic N) is 1. The van der Waals surface area contributed by atoms with Crippen LogP contribution >= 0.6 is 0 Å². The number of hydrogen-bond acceptors (Lipinski definition) is 6. The first-order valence-electron chi connectivity index (χ1n) is 15.3. The number of likely N-dealkylation sites (tertiary alicyclic amines) is 1. The van der Waals surface area contributed by atoms with E-state index < -0.39 is 41.8 Å². The summed E-state index contributed by atoms with van der Waals surface area (Å²) in [5, 5.41) is 5.67. The number of piperidine rings is 1. The molecule has 3 unspecified atom stereocenters. The van der Waals surface area contributed by atoms with Crippen molar-refractivity contribution in [2.45, 2.75) is 91.0 Å². The number of carbonyl (C=O) groups is 5. The number of primary amides is 1. The summed E-state index contributed by atoms with van der Waals surface area (Å²) in [6.45, 7) is 10.3. The Morgan fingerprint density at radius 2 is 1.64 bits per heavy atom. The molecule has 0 aromatic heterocycles. The Morgan fingerprint density at radius 1 is 1.02 bits per heavy atom. The zero-order chi connectivity index (χ0) is 30.5. The highest BCUT2D eigenvalue weighted by molar-refractivity contribution is 6.37. The quantitative estimate of drug-likeness (QED) is 0.342. The van der Waals surface area contributed by atoms with Crippen molar-refractivity contribution in [1.29, 1.82) is 0 Å². The Balaban J connectivity index is 1.39. The first-order chi connectivity index (χ1) is 19.8. The van der Waals surface area contributed by atoms with Gasteiger partial charge in [0.1, 0.15) is 18.2 Å². The van der Waals surface area contributed by atoms with Crippen LogP contribution in [0.25, 0.3) is 0 Å². The molecule has 0 radical (unpaired) electrons. The minimum Gasteiger partial charge on any atom is -0.446 e. The highest BCUT2D eigenvalue weighted by Crippen LogP contribution is 2.65. The maximum absolute atomic E-state index is 14.4. The molecule has 1 aromatic carbocycles. The van der Waals surface area contributed by atoms with E-state index in [0.717, 1.165) is 24.0 Å². The molecule has 10 heteroatoms. The van der Waals surface area contributed by atoms with Crippen molar-refractivity contribution in [3.63, 3.8) is 0 Å². The molecule has 4 N–H and O–H groups in total. The van der Waals surface area contributed by atoms with Gasteiger partial charge in [-0.25, -0.2) is 4.79 Å². The van der Waals surface area contributed by atoms with Crippen LogP contribution in [0.2, 0.25) is 0 Å². The Labute approximate surface area is 247 Å². The van der Waals surface area contributed by atoms with Crippen LogP contribution in [-0.2, 0) is 36.8 Å². The molecule has 5 rings (SSSR count). The minimum absolute atomic E-state index is 0.0963. The van der Waals surface area contributed by atoms with E-state index in [9.17, 15) is 24.0 Å². The van der Waals surface area contributed by atoms with Gasteiger partial charge in [-0.1, -0.05) is 64.8 Å². The molecule has 1 aliphatic heterocycles. The second kappa shape index (κ2) is 11.3. The van der Waals surface area contributed by atoms with E-state index in [1.54, 1.807) is 4.90 Å². The fourth-order valence-electron chi connectivity index (χ4n) is 7.01. The van der Waals surface area contributed by atoms with E-state index in [4.69, 9.17) is 10.5 Å². The van der Waals surface area contributed by atoms with Crippen molar-refractivity contribution in [1.82, 2.24) is 15.5 Å². The van der Waals surface area contributed by atoms with Crippen molar-refractivity contribution >= 4 is 29.6 Å².